The predicted molar refractivity (Wildman–Crippen MR) is 53.8 cm³/mol. The quantitative estimate of drug-likeness (QED) is 0.783. The Labute approximate surface area is 91.7 Å². The van der Waals surface area contributed by atoms with Crippen LogP contribution < -0.4 is 0 Å². The second-order valence-corrected chi connectivity index (χ2v) is 3.03. The number of hydrogen-bond acceptors (Lipinski definition) is 4. The average molecular weight is 226 g/mol. The molecule has 0 bridgehead atoms. The van der Waals surface area contributed by atoms with Gasteiger partial charge >= 0.3 is 5.97 Å². The van der Waals surface area contributed by atoms with E-state index < -0.39 is 5.97 Å². The molecule has 0 aliphatic carbocycles. The highest BCUT2D eigenvalue weighted by Gasteiger charge is 2.17. The Kier molecular flexibility index (Phi) is 3.53. The highest BCUT2D eigenvalue weighted by Crippen LogP contribution is 2.29. The van der Waals surface area contributed by atoms with Crippen LogP contribution in [0.2, 0.25) is 5.02 Å². The van der Waals surface area contributed by atoms with Crippen LogP contribution in [0.5, 0.6) is 5.75 Å². The number of benzene rings is 1. The summed E-state index contributed by atoms with van der Waals surface area (Å²) in [4.78, 5) is 11.4. The largest absolute Gasteiger partial charge is 0.506 e. The van der Waals surface area contributed by atoms with E-state index in [1.54, 1.807) is 13.0 Å². The van der Waals surface area contributed by atoms with E-state index >= 15 is 0 Å². The molecule has 0 spiro atoms. The minimum atomic E-state index is -0.629. The number of carbonyl (C=O) groups excluding carboxylic acids is 1. The summed E-state index contributed by atoms with van der Waals surface area (Å²) < 4.78 is 4.73. The van der Waals surface area contributed by atoms with Gasteiger partial charge in [0.2, 0.25) is 0 Å². The first-order chi connectivity index (χ1) is 7.11. The molecule has 0 saturated heterocycles. The maximum atomic E-state index is 11.4. The Balaban J connectivity index is 3.26. The number of esters is 1. The summed E-state index contributed by atoms with van der Waals surface area (Å²) in [6.45, 7) is 1.87. The van der Waals surface area contributed by atoms with Crippen molar-refractivity contribution in [3.8, 4) is 11.8 Å². The molecule has 0 aliphatic rings. The molecule has 1 rings (SSSR count). The van der Waals surface area contributed by atoms with Gasteiger partial charge in [-0.2, -0.15) is 5.26 Å². The van der Waals surface area contributed by atoms with Crippen molar-refractivity contribution < 1.29 is 14.6 Å². The number of ether oxygens (including phenoxy) is 1. The average Bonchev–Trinajstić information content (AvgIpc) is 2.22. The summed E-state index contributed by atoms with van der Waals surface area (Å²) >= 11 is 5.66. The van der Waals surface area contributed by atoms with Gasteiger partial charge in [0, 0.05) is 0 Å². The van der Waals surface area contributed by atoms with Crippen LogP contribution in [0.3, 0.4) is 0 Å². The van der Waals surface area contributed by atoms with Crippen LogP contribution in [0.4, 0.5) is 0 Å². The number of halogens is 1. The van der Waals surface area contributed by atoms with E-state index in [9.17, 15) is 9.90 Å². The normalized spacial score (nSPS) is 9.40. The number of aromatic hydroxyl groups is 1. The minimum Gasteiger partial charge on any atom is -0.506 e. The van der Waals surface area contributed by atoms with Crippen molar-refractivity contribution in [3.05, 3.63) is 28.3 Å². The van der Waals surface area contributed by atoms with Gasteiger partial charge in [-0.25, -0.2) is 4.79 Å². The highest BCUT2D eigenvalue weighted by atomic mass is 35.5. The van der Waals surface area contributed by atoms with E-state index in [-0.39, 0.29) is 28.5 Å². The van der Waals surface area contributed by atoms with Gasteiger partial charge in [-0.1, -0.05) is 11.6 Å². The third kappa shape index (κ3) is 2.20. The van der Waals surface area contributed by atoms with E-state index in [4.69, 9.17) is 21.6 Å². The molecule has 78 valence electrons. The molecule has 1 aromatic rings. The summed E-state index contributed by atoms with van der Waals surface area (Å²) in [6, 6.07) is 4.30. The van der Waals surface area contributed by atoms with Crippen molar-refractivity contribution in [1.82, 2.24) is 0 Å². The Morgan fingerprint density at radius 1 is 1.67 bits per heavy atom. The van der Waals surface area contributed by atoms with Crippen molar-refractivity contribution >= 4 is 17.6 Å². The van der Waals surface area contributed by atoms with E-state index in [2.05, 4.69) is 0 Å². The summed E-state index contributed by atoms with van der Waals surface area (Å²) in [5, 5.41) is 17.9. The lowest BCUT2D eigenvalue weighted by Gasteiger charge is -2.05. The first-order valence-corrected chi connectivity index (χ1v) is 4.58. The van der Waals surface area contributed by atoms with E-state index in [0.717, 1.165) is 0 Å². The number of rotatable bonds is 2. The topological polar surface area (TPSA) is 70.3 Å². The molecule has 0 saturated carbocycles. The summed E-state index contributed by atoms with van der Waals surface area (Å²) in [5.74, 6) is -0.864. The molecule has 0 radical (unpaired) electrons. The molecular formula is C10H8ClNO3. The lowest BCUT2D eigenvalue weighted by atomic mass is 10.1. The zero-order valence-corrected chi connectivity index (χ0v) is 8.71. The molecule has 4 nitrogen and oxygen atoms in total. The van der Waals surface area contributed by atoms with Gasteiger partial charge in [-0.05, 0) is 19.1 Å². The van der Waals surface area contributed by atoms with Crippen LogP contribution in [-0.2, 0) is 4.74 Å². The highest BCUT2D eigenvalue weighted by molar-refractivity contribution is 6.33. The number of phenols is 1. The van der Waals surface area contributed by atoms with E-state index in [1.807, 2.05) is 0 Å². The first-order valence-electron chi connectivity index (χ1n) is 4.20. The number of carbonyl (C=O) groups is 1. The van der Waals surface area contributed by atoms with Crippen molar-refractivity contribution in [3.63, 3.8) is 0 Å². The molecule has 0 unspecified atom stereocenters. The van der Waals surface area contributed by atoms with Crippen molar-refractivity contribution in [1.29, 1.82) is 5.26 Å². The lowest BCUT2D eigenvalue weighted by molar-refractivity contribution is 0.0526. The summed E-state index contributed by atoms with van der Waals surface area (Å²) in [7, 11) is 0. The SMILES string of the molecule is CCOC(=O)c1ccc(O)c(Cl)c1C#N. The fourth-order valence-corrected chi connectivity index (χ4v) is 1.26. The van der Waals surface area contributed by atoms with Crippen LogP contribution in [-0.4, -0.2) is 17.7 Å². The maximum Gasteiger partial charge on any atom is 0.339 e. The monoisotopic (exact) mass is 225 g/mol. The van der Waals surface area contributed by atoms with Gasteiger partial charge in [0.05, 0.1) is 17.7 Å². The van der Waals surface area contributed by atoms with E-state index in [1.165, 1.54) is 12.1 Å². The van der Waals surface area contributed by atoms with Gasteiger partial charge in [-0.3, -0.25) is 0 Å². The van der Waals surface area contributed by atoms with Crippen molar-refractivity contribution in [2.75, 3.05) is 6.61 Å². The number of nitriles is 1. The molecule has 1 N–H and O–H groups in total. The molecular weight excluding hydrogens is 218 g/mol. The molecule has 15 heavy (non-hydrogen) atoms. The van der Waals surface area contributed by atoms with Crippen LogP contribution in [0.25, 0.3) is 0 Å². The number of phenolic OH excluding ortho intramolecular Hbond substituents is 1. The second kappa shape index (κ2) is 4.67. The fraction of sp³-hybridized carbons (Fsp3) is 0.200. The van der Waals surface area contributed by atoms with Crippen LogP contribution in [0.15, 0.2) is 12.1 Å². The zero-order valence-electron chi connectivity index (χ0n) is 7.95. The van der Waals surface area contributed by atoms with E-state index in [0.29, 0.717) is 0 Å². The predicted octanol–water partition coefficient (Wildman–Crippen LogP) is 2.09. The maximum absolute atomic E-state index is 11.4. The van der Waals surface area contributed by atoms with Crippen LogP contribution in [0.1, 0.15) is 22.8 Å². The standard InChI is InChI=1S/C10H8ClNO3/c1-2-15-10(14)6-3-4-8(13)9(11)7(6)5-12/h3-4,13H,2H2,1H3. The van der Waals surface area contributed by atoms with Gasteiger partial charge < -0.3 is 9.84 Å². The fourth-order valence-electron chi connectivity index (χ4n) is 1.05. The van der Waals surface area contributed by atoms with Crippen LogP contribution in [0, 0.1) is 11.3 Å². The molecule has 0 fully saturated rings. The number of nitrogens with zero attached hydrogens (tertiary/aromatic N) is 1. The zero-order chi connectivity index (χ0) is 11.4. The third-order valence-electron chi connectivity index (χ3n) is 1.73. The van der Waals surface area contributed by atoms with Gasteiger partial charge in [-0.15, -0.1) is 0 Å². The molecule has 0 heterocycles. The molecule has 0 amide bonds. The smallest absolute Gasteiger partial charge is 0.339 e. The molecule has 5 heteroatoms. The number of hydrogen-bond donors (Lipinski definition) is 1. The van der Waals surface area contributed by atoms with Gasteiger partial charge in [0.1, 0.15) is 16.8 Å². The Hall–Kier alpha value is -1.73. The van der Waals surface area contributed by atoms with Gasteiger partial charge in [0.25, 0.3) is 0 Å². The Bertz CT molecular complexity index is 437. The van der Waals surface area contributed by atoms with Crippen LogP contribution >= 0.6 is 11.6 Å². The lowest BCUT2D eigenvalue weighted by Crippen LogP contribution is -2.07. The Morgan fingerprint density at radius 3 is 2.87 bits per heavy atom. The molecule has 0 aromatic heterocycles. The Morgan fingerprint density at radius 2 is 2.33 bits per heavy atom. The third-order valence-corrected chi connectivity index (χ3v) is 2.11. The molecule has 1 aromatic carbocycles. The first kappa shape index (κ1) is 11.3. The summed E-state index contributed by atoms with van der Waals surface area (Å²) in [5.41, 5.74) is -0.0164. The van der Waals surface area contributed by atoms with Gasteiger partial charge in [0.15, 0.2) is 0 Å². The minimum absolute atomic E-state index is 0.0575. The van der Waals surface area contributed by atoms with Crippen molar-refractivity contribution in [2.45, 2.75) is 6.92 Å². The second-order valence-electron chi connectivity index (χ2n) is 2.65. The summed E-state index contributed by atoms with van der Waals surface area (Å²) in [6.07, 6.45) is 0. The molecule has 0 aliphatic heterocycles. The van der Waals surface area contributed by atoms with Crippen molar-refractivity contribution in [2.24, 2.45) is 0 Å². The molecule has 0 atom stereocenters.